The Balaban J connectivity index is 0.000000277. The van der Waals surface area contributed by atoms with E-state index in [1.807, 2.05) is 0 Å². The third-order valence-electron chi connectivity index (χ3n) is 3.04. The van der Waals surface area contributed by atoms with Gasteiger partial charge in [0.15, 0.2) is 23.1 Å². The van der Waals surface area contributed by atoms with Gasteiger partial charge in [-0.2, -0.15) is 8.78 Å². The van der Waals surface area contributed by atoms with Crippen molar-refractivity contribution in [1.82, 2.24) is 0 Å². The minimum atomic E-state index is -1.10. The van der Waals surface area contributed by atoms with Gasteiger partial charge in [-0.25, -0.2) is 8.78 Å². The highest BCUT2D eigenvalue weighted by atomic mass is 19.2. The zero-order valence-electron chi connectivity index (χ0n) is 14.6. The molecule has 27 heavy (non-hydrogen) atoms. The fourth-order valence-electron chi connectivity index (χ4n) is 1.83. The molecular formula is C20H14F4O3. The normalized spacial score (nSPS) is 9.11. The predicted molar refractivity (Wildman–Crippen MR) is 91.3 cm³/mol. The number of hydrogen-bond acceptors (Lipinski definition) is 3. The Labute approximate surface area is 153 Å². The van der Waals surface area contributed by atoms with Crippen molar-refractivity contribution in [3.63, 3.8) is 0 Å². The SMILES string of the molecule is C#Cc1ccc(F)c(F)c1OC.COc1c(C#CC(C)=O)ccc(F)c1F. The summed E-state index contributed by atoms with van der Waals surface area (Å²) in [7, 11) is 2.44. The summed E-state index contributed by atoms with van der Waals surface area (Å²) >= 11 is 0. The Morgan fingerprint density at radius 3 is 1.74 bits per heavy atom. The molecule has 0 unspecified atom stereocenters. The highest BCUT2D eigenvalue weighted by Gasteiger charge is 2.13. The van der Waals surface area contributed by atoms with E-state index < -0.39 is 23.3 Å². The molecule has 140 valence electrons. The topological polar surface area (TPSA) is 35.5 Å². The maximum atomic E-state index is 13.1. The Hall–Kier alpha value is -3.45. The Morgan fingerprint density at radius 1 is 0.889 bits per heavy atom. The molecule has 0 spiro atoms. The molecule has 0 aliphatic carbocycles. The van der Waals surface area contributed by atoms with Gasteiger partial charge in [0.05, 0.1) is 25.3 Å². The molecular weight excluding hydrogens is 364 g/mol. The zero-order chi connectivity index (χ0) is 20.6. The lowest BCUT2D eigenvalue weighted by Gasteiger charge is -2.04. The molecule has 0 saturated heterocycles. The molecule has 0 aliphatic heterocycles. The van der Waals surface area contributed by atoms with Gasteiger partial charge in [0.2, 0.25) is 17.4 Å². The lowest BCUT2D eigenvalue weighted by atomic mass is 10.2. The van der Waals surface area contributed by atoms with Gasteiger partial charge >= 0.3 is 0 Å². The average molecular weight is 378 g/mol. The van der Waals surface area contributed by atoms with Crippen molar-refractivity contribution in [2.24, 2.45) is 0 Å². The van der Waals surface area contributed by atoms with Crippen molar-refractivity contribution in [2.75, 3.05) is 14.2 Å². The molecule has 0 fully saturated rings. The predicted octanol–water partition coefficient (Wildman–Crippen LogP) is 3.87. The van der Waals surface area contributed by atoms with Crippen LogP contribution in [0.4, 0.5) is 17.6 Å². The van der Waals surface area contributed by atoms with Crippen LogP contribution in [-0.2, 0) is 4.79 Å². The van der Waals surface area contributed by atoms with Crippen LogP contribution in [0.1, 0.15) is 18.1 Å². The van der Waals surface area contributed by atoms with E-state index in [0.29, 0.717) is 0 Å². The maximum Gasteiger partial charge on any atom is 0.202 e. The fourth-order valence-corrected chi connectivity index (χ4v) is 1.83. The number of terminal acetylenes is 1. The summed E-state index contributed by atoms with van der Waals surface area (Å²) in [5, 5.41) is 0. The van der Waals surface area contributed by atoms with Crippen molar-refractivity contribution in [3.05, 3.63) is 58.7 Å². The molecule has 0 heterocycles. The van der Waals surface area contributed by atoms with Crippen LogP contribution in [0.5, 0.6) is 11.5 Å². The number of rotatable bonds is 2. The Kier molecular flexibility index (Phi) is 7.90. The molecule has 0 aliphatic rings. The van der Waals surface area contributed by atoms with Crippen LogP contribution in [0.3, 0.4) is 0 Å². The Morgan fingerprint density at radius 2 is 1.33 bits per heavy atom. The summed E-state index contributed by atoms with van der Waals surface area (Å²) in [5.74, 6) is 1.80. The van der Waals surface area contributed by atoms with Crippen LogP contribution in [0.2, 0.25) is 0 Å². The molecule has 0 saturated carbocycles. The number of benzene rings is 2. The van der Waals surface area contributed by atoms with Crippen LogP contribution in [0, 0.1) is 47.5 Å². The summed E-state index contributed by atoms with van der Waals surface area (Å²) in [6.07, 6.45) is 5.03. The van der Waals surface area contributed by atoms with Crippen LogP contribution < -0.4 is 9.47 Å². The van der Waals surface area contributed by atoms with Crippen molar-refractivity contribution in [1.29, 1.82) is 0 Å². The molecule has 0 N–H and O–H groups in total. The van der Waals surface area contributed by atoms with Gasteiger partial charge in [-0.1, -0.05) is 11.8 Å². The second kappa shape index (κ2) is 9.88. The lowest BCUT2D eigenvalue weighted by Crippen LogP contribution is -1.95. The quantitative estimate of drug-likeness (QED) is 0.588. The molecule has 0 amide bonds. The van der Waals surface area contributed by atoms with Crippen LogP contribution >= 0.6 is 0 Å². The van der Waals surface area contributed by atoms with E-state index in [-0.39, 0.29) is 28.4 Å². The van der Waals surface area contributed by atoms with Crippen LogP contribution in [0.15, 0.2) is 24.3 Å². The number of methoxy groups -OCH3 is 2. The second-order valence-corrected chi connectivity index (χ2v) is 4.83. The summed E-state index contributed by atoms with van der Waals surface area (Å²) < 4.78 is 60.6. The molecule has 0 atom stereocenters. The number of carbonyl (C=O) groups is 1. The Bertz CT molecular complexity index is 950. The first-order chi connectivity index (χ1) is 12.8. The first-order valence-electron chi connectivity index (χ1n) is 7.29. The standard InChI is InChI=1S/C11H8F2O2.C9H6F2O/c1-7(14)3-4-8-5-6-9(12)10(13)11(8)15-2;1-3-6-4-5-7(10)8(11)9(6)12-2/h5-6H,1-2H3;1,4-5H,2H3. The van der Waals surface area contributed by atoms with Gasteiger partial charge < -0.3 is 9.47 Å². The largest absolute Gasteiger partial charge is 0.492 e. The van der Waals surface area contributed by atoms with E-state index in [0.717, 1.165) is 12.1 Å². The van der Waals surface area contributed by atoms with Crippen molar-refractivity contribution in [3.8, 4) is 35.7 Å². The van der Waals surface area contributed by atoms with Crippen LogP contribution in [0.25, 0.3) is 0 Å². The van der Waals surface area contributed by atoms with Crippen molar-refractivity contribution < 1.29 is 31.8 Å². The number of hydrogen-bond donors (Lipinski definition) is 0. The molecule has 0 aromatic heterocycles. The van der Waals surface area contributed by atoms with Crippen molar-refractivity contribution >= 4 is 5.78 Å². The number of halogens is 4. The second-order valence-electron chi connectivity index (χ2n) is 4.83. The maximum absolute atomic E-state index is 13.1. The smallest absolute Gasteiger partial charge is 0.202 e. The van der Waals surface area contributed by atoms with E-state index >= 15 is 0 Å². The highest BCUT2D eigenvalue weighted by molar-refractivity contribution is 5.94. The minimum Gasteiger partial charge on any atom is -0.492 e. The summed E-state index contributed by atoms with van der Waals surface area (Å²) in [6.45, 7) is 1.28. The lowest BCUT2D eigenvalue weighted by molar-refractivity contribution is -0.111. The molecule has 2 rings (SSSR count). The third kappa shape index (κ3) is 5.52. The first-order valence-corrected chi connectivity index (χ1v) is 7.29. The van der Waals surface area contributed by atoms with E-state index in [9.17, 15) is 22.4 Å². The van der Waals surface area contributed by atoms with E-state index in [2.05, 4.69) is 27.2 Å². The van der Waals surface area contributed by atoms with E-state index in [1.165, 1.54) is 33.3 Å². The zero-order valence-corrected chi connectivity index (χ0v) is 14.6. The van der Waals surface area contributed by atoms with Crippen molar-refractivity contribution in [2.45, 2.75) is 6.92 Å². The molecule has 2 aromatic carbocycles. The third-order valence-corrected chi connectivity index (χ3v) is 3.04. The first kappa shape index (κ1) is 21.6. The van der Waals surface area contributed by atoms with Crippen LogP contribution in [-0.4, -0.2) is 20.0 Å². The number of ketones is 1. The van der Waals surface area contributed by atoms with Gasteiger partial charge in [0.1, 0.15) is 0 Å². The van der Waals surface area contributed by atoms with Gasteiger partial charge in [0.25, 0.3) is 0 Å². The van der Waals surface area contributed by atoms with E-state index in [1.54, 1.807) is 0 Å². The summed E-state index contributed by atoms with van der Waals surface area (Å²) in [4.78, 5) is 10.6. The minimum absolute atomic E-state index is 0.145. The molecule has 7 heteroatoms. The molecule has 0 bridgehead atoms. The van der Waals surface area contributed by atoms with Gasteiger partial charge in [0, 0.05) is 6.92 Å². The fraction of sp³-hybridized carbons (Fsp3) is 0.150. The molecule has 2 aromatic rings. The average Bonchev–Trinajstić information content (AvgIpc) is 2.65. The van der Waals surface area contributed by atoms with E-state index in [4.69, 9.17) is 6.42 Å². The van der Waals surface area contributed by atoms with Gasteiger partial charge in [-0.05, 0) is 30.2 Å². The monoisotopic (exact) mass is 378 g/mol. The summed E-state index contributed by atoms with van der Waals surface area (Å²) in [5.41, 5.74) is 0.350. The molecule has 3 nitrogen and oxygen atoms in total. The number of ether oxygens (including phenoxy) is 2. The number of carbonyl (C=O) groups excluding carboxylic acids is 1. The van der Waals surface area contributed by atoms with Gasteiger partial charge in [-0.3, -0.25) is 4.79 Å². The number of Topliss-reactive ketones (excluding diaryl/α,β-unsaturated/α-hetero) is 1. The summed E-state index contributed by atoms with van der Waals surface area (Å²) in [6, 6.07) is 4.44. The van der Waals surface area contributed by atoms with Gasteiger partial charge in [-0.15, -0.1) is 6.42 Å². The molecule has 0 radical (unpaired) electrons. The highest BCUT2D eigenvalue weighted by Crippen LogP contribution is 2.24.